The Balaban J connectivity index is 1.44. The third kappa shape index (κ3) is 3.63. The predicted molar refractivity (Wildman–Crippen MR) is 178 cm³/mol. The van der Waals surface area contributed by atoms with Crippen LogP contribution in [0.15, 0.2) is 127 Å². The third-order valence-corrected chi connectivity index (χ3v) is 8.39. The van der Waals surface area contributed by atoms with Gasteiger partial charge in [-0.25, -0.2) is 9.69 Å². The number of fused-ring (bicyclic) bond motifs is 6. The molecule has 0 N–H and O–H groups in total. The molecule has 0 atom stereocenters. The average molecular weight is 560 g/mol. The van der Waals surface area contributed by atoms with Crippen LogP contribution in [0.25, 0.3) is 75.8 Å². The smallest absolute Gasteiger partial charge is 0.210 e. The summed E-state index contributed by atoms with van der Waals surface area (Å²) in [5.41, 5.74) is 9.60. The Kier molecular flexibility index (Phi) is 5.56. The molecule has 2 heterocycles. The van der Waals surface area contributed by atoms with Crippen molar-refractivity contribution in [3.05, 3.63) is 156 Å². The zero-order chi connectivity index (χ0) is 29.8. The van der Waals surface area contributed by atoms with E-state index < -0.39 is 0 Å². The Morgan fingerprint density at radius 3 is 2.02 bits per heavy atom. The first-order valence-corrected chi connectivity index (χ1v) is 14.2. The van der Waals surface area contributed by atoms with Gasteiger partial charge in [-0.2, -0.15) is 5.26 Å². The van der Waals surface area contributed by atoms with Gasteiger partial charge in [0.25, 0.3) is 0 Å². The summed E-state index contributed by atoms with van der Waals surface area (Å²) in [6.45, 7) is 15.2. The van der Waals surface area contributed by atoms with Crippen molar-refractivity contribution in [2.75, 3.05) is 0 Å². The van der Waals surface area contributed by atoms with Crippen molar-refractivity contribution in [1.29, 1.82) is 5.26 Å². The summed E-state index contributed by atoms with van der Waals surface area (Å²) in [5.74, 6) is 0. The highest BCUT2D eigenvalue weighted by molar-refractivity contribution is 6.17. The van der Waals surface area contributed by atoms with E-state index in [0.29, 0.717) is 22.6 Å². The fraction of sp³-hybridized carbons (Fsp3) is 0. The molecule has 0 saturated carbocycles. The lowest BCUT2D eigenvalue weighted by Gasteiger charge is -2.12. The molecule has 202 valence electrons. The van der Waals surface area contributed by atoms with E-state index in [2.05, 4.69) is 97.7 Å². The van der Waals surface area contributed by atoms with Crippen LogP contribution >= 0.6 is 0 Å². The Morgan fingerprint density at radius 2 is 1.27 bits per heavy atom. The molecule has 8 rings (SSSR count). The summed E-state index contributed by atoms with van der Waals surface area (Å²) in [6.07, 6.45) is 0. The summed E-state index contributed by atoms with van der Waals surface area (Å²) in [4.78, 5) is 7.38. The van der Waals surface area contributed by atoms with Gasteiger partial charge < -0.3 is 9.13 Å². The number of rotatable bonds is 3. The maximum Gasteiger partial charge on any atom is 0.210 e. The molecule has 0 aliphatic carbocycles. The fourth-order valence-electron chi connectivity index (χ4n) is 6.48. The van der Waals surface area contributed by atoms with Gasteiger partial charge in [0.1, 0.15) is 0 Å². The maximum atomic E-state index is 9.66. The molecule has 8 aromatic rings. The minimum atomic E-state index is 0.493. The highest BCUT2D eigenvalue weighted by Crippen LogP contribution is 2.42. The van der Waals surface area contributed by atoms with E-state index in [1.54, 1.807) is 18.2 Å². The van der Waals surface area contributed by atoms with Gasteiger partial charge in [0.2, 0.25) is 5.69 Å². The minimum absolute atomic E-state index is 0.493. The zero-order valence-electron chi connectivity index (χ0n) is 23.4. The first-order chi connectivity index (χ1) is 21.7. The van der Waals surface area contributed by atoms with Crippen molar-refractivity contribution in [3.8, 4) is 28.6 Å². The fourth-order valence-corrected chi connectivity index (χ4v) is 6.48. The lowest BCUT2D eigenvalue weighted by Crippen LogP contribution is -1.95. The first kappa shape index (κ1) is 25.1. The van der Waals surface area contributed by atoms with E-state index in [4.69, 9.17) is 13.1 Å². The van der Waals surface area contributed by atoms with Gasteiger partial charge in [-0.05, 0) is 53.6 Å². The molecule has 0 saturated heterocycles. The highest BCUT2D eigenvalue weighted by atomic mass is 15.0. The van der Waals surface area contributed by atoms with Crippen LogP contribution in [-0.2, 0) is 0 Å². The van der Waals surface area contributed by atoms with Gasteiger partial charge in [0.05, 0.1) is 52.5 Å². The Hall–Kier alpha value is -6.61. The van der Waals surface area contributed by atoms with E-state index in [1.165, 1.54) is 5.39 Å². The van der Waals surface area contributed by atoms with Crippen LogP contribution in [0.2, 0.25) is 0 Å². The van der Waals surface area contributed by atoms with Crippen LogP contribution in [0.4, 0.5) is 11.4 Å². The number of benzene rings is 6. The molecular formula is C39H21N5. The van der Waals surface area contributed by atoms with Crippen LogP contribution in [-0.4, -0.2) is 9.13 Å². The van der Waals surface area contributed by atoms with Crippen molar-refractivity contribution in [3.63, 3.8) is 0 Å². The summed E-state index contributed by atoms with van der Waals surface area (Å²) in [5, 5.41) is 14.1. The highest BCUT2D eigenvalue weighted by Gasteiger charge is 2.19. The van der Waals surface area contributed by atoms with Crippen LogP contribution in [0.1, 0.15) is 5.56 Å². The molecule has 0 unspecified atom stereocenters. The van der Waals surface area contributed by atoms with Crippen LogP contribution in [0, 0.1) is 24.5 Å². The lowest BCUT2D eigenvalue weighted by molar-refractivity contribution is 1.18. The Labute approximate surface area is 253 Å². The molecule has 0 bridgehead atoms. The van der Waals surface area contributed by atoms with E-state index in [-0.39, 0.29) is 0 Å². The average Bonchev–Trinajstić information content (AvgIpc) is 3.60. The molecule has 0 amide bonds. The largest absolute Gasteiger partial charge is 0.319 e. The molecule has 0 spiro atoms. The summed E-state index contributed by atoms with van der Waals surface area (Å²) < 4.78 is 4.37. The zero-order valence-corrected chi connectivity index (χ0v) is 23.4. The summed E-state index contributed by atoms with van der Waals surface area (Å²) in [7, 11) is 0. The van der Waals surface area contributed by atoms with Crippen molar-refractivity contribution in [2.24, 2.45) is 0 Å². The Morgan fingerprint density at radius 1 is 0.568 bits per heavy atom. The minimum Gasteiger partial charge on any atom is -0.319 e. The molecular weight excluding hydrogens is 538 g/mol. The van der Waals surface area contributed by atoms with Gasteiger partial charge >= 0.3 is 0 Å². The number of nitriles is 1. The van der Waals surface area contributed by atoms with Crippen LogP contribution in [0.5, 0.6) is 0 Å². The van der Waals surface area contributed by atoms with Gasteiger partial charge in [-0.15, -0.1) is 0 Å². The quantitative estimate of drug-likeness (QED) is 0.199. The van der Waals surface area contributed by atoms with E-state index >= 15 is 0 Å². The predicted octanol–water partition coefficient (Wildman–Crippen LogP) is 10.5. The van der Waals surface area contributed by atoms with Crippen molar-refractivity contribution >= 4 is 55.0 Å². The number of aromatic nitrogens is 2. The summed E-state index contributed by atoms with van der Waals surface area (Å²) in [6, 6.07) is 44.8. The van der Waals surface area contributed by atoms with Crippen molar-refractivity contribution < 1.29 is 0 Å². The van der Waals surface area contributed by atoms with Crippen molar-refractivity contribution in [2.45, 2.75) is 0 Å². The van der Waals surface area contributed by atoms with E-state index in [0.717, 1.165) is 55.0 Å². The molecule has 5 heteroatoms. The molecule has 0 aliphatic heterocycles. The second-order valence-electron chi connectivity index (χ2n) is 10.7. The standard InChI is InChI=1S/C39H21N5/c1-41-27-16-18-28(19-17-27)43-34-11-5-3-8-30(34)31-20-15-26(23-37(31)43)29-10-7-13-36-39(29)32-9-4-6-12-35(32)44(36)38-22-25(24-40)14-21-33(38)42-2/h3-23H. The monoisotopic (exact) mass is 559 g/mol. The van der Waals surface area contributed by atoms with Gasteiger partial charge in [-0.3, -0.25) is 0 Å². The number of hydrogen-bond donors (Lipinski definition) is 0. The van der Waals surface area contributed by atoms with E-state index in [1.807, 2.05) is 36.4 Å². The molecule has 2 aromatic heterocycles. The molecule has 0 fully saturated rings. The molecule has 6 aromatic carbocycles. The van der Waals surface area contributed by atoms with Gasteiger partial charge in [-0.1, -0.05) is 84.9 Å². The van der Waals surface area contributed by atoms with Crippen LogP contribution < -0.4 is 0 Å². The molecule has 5 nitrogen and oxygen atoms in total. The number of nitrogens with zero attached hydrogens (tertiary/aromatic N) is 5. The molecule has 44 heavy (non-hydrogen) atoms. The maximum absolute atomic E-state index is 9.66. The SMILES string of the molecule is [C-]#[N+]c1ccc(-n2c3ccccc3c3ccc(-c4cccc5c4c4ccccc4n5-c4cc(C#N)ccc4[N+]#[C-])cc32)cc1. The molecule has 0 radical (unpaired) electrons. The van der Waals surface area contributed by atoms with Crippen LogP contribution in [0.3, 0.4) is 0 Å². The normalized spacial score (nSPS) is 11.1. The number of hydrogen-bond acceptors (Lipinski definition) is 1. The Bertz CT molecular complexity index is 2580. The van der Waals surface area contributed by atoms with Gasteiger partial charge in [0, 0.05) is 27.2 Å². The topological polar surface area (TPSA) is 42.4 Å². The lowest BCUT2D eigenvalue weighted by atomic mass is 9.98. The first-order valence-electron chi connectivity index (χ1n) is 14.2. The second kappa shape index (κ2) is 9.74. The number of para-hydroxylation sites is 2. The second-order valence-corrected chi connectivity index (χ2v) is 10.7. The molecule has 0 aliphatic rings. The third-order valence-electron chi connectivity index (χ3n) is 8.39. The van der Waals surface area contributed by atoms with Crippen molar-refractivity contribution in [1.82, 2.24) is 9.13 Å². The summed E-state index contributed by atoms with van der Waals surface area (Å²) >= 11 is 0. The van der Waals surface area contributed by atoms with E-state index in [9.17, 15) is 5.26 Å². The van der Waals surface area contributed by atoms with Gasteiger partial charge in [0.15, 0.2) is 5.69 Å².